The van der Waals surface area contributed by atoms with E-state index in [1.807, 2.05) is 0 Å². The molecule has 0 atom stereocenters. The van der Waals surface area contributed by atoms with E-state index in [0.29, 0.717) is 5.56 Å². The van der Waals surface area contributed by atoms with Gasteiger partial charge in [0.1, 0.15) is 0 Å². The molecule has 0 saturated heterocycles. The van der Waals surface area contributed by atoms with Crippen molar-refractivity contribution in [3.8, 4) is 0 Å². The number of nitrogens with one attached hydrogen (secondary N) is 2. The highest BCUT2D eigenvalue weighted by Gasteiger charge is 2.17. The van der Waals surface area contributed by atoms with Crippen LogP contribution in [0, 0.1) is 6.92 Å². The quantitative estimate of drug-likeness (QED) is 0.806. The Balaban J connectivity index is 2.34. The van der Waals surface area contributed by atoms with Gasteiger partial charge < -0.3 is 4.98 Å². The number of pyridine rings is 1. The minimum Gasteiger partial charge on any atom is -0.327 e. The molecule has 10 heteroatoms. The van der Waals surface area contributed by atoms with Crippen molar-refractivity contribution in [3.05, 3.63) is 52.4 Å². The third-order valence-electron chi connectivity index (χ3n) is 2.76. The van der Waals surface area contributed by atoms with Gasteiger partial charge in [0.05, 0.1) is 15.5 Å². The Hall–Kier alpha value is -2.20. The summed E-state index contributed by atoms with van der Waals surface area (Å²) in [4.78, 5) is 12.7. The Labute approximate surface area is 126 Å². The van der Waals surface area contributed by atoms with Gasteiger partial charge >= 0.3 is 10.2 Å². The van der Waals surface area contributed by atoms with Gasteiger partial charge in [-0.05, 0) is 37.3 Å². The normalized spacial score (nSPS) is 12.1. The molecule has 0 fully saturated rings. The van der Waals surface area contributed by atoms with Crippen LogP contribution in [0.3, 0.4) is 0 Å². The molecule has 0 aliphatic heterocycles. The lowest BCUT2D eigenvalue weighted by molar-refractivity contribution is 0.551. The molecular formula is C12H11FN2O5S2. The maximum absolute atomic E-state index is 12.8. The molecule has 118 valence electrons. The van der Waals surface area contributed by atoms with Crippen LogP contribution in [0.25, 0.3) is 0 Å². The van der Waals surface area contributed by atoms with Crippen molar-refractivity contribution in [2.45, 2.75) is 16.7 Å². The first-order valence-corrected chi connectivity index (χ1v) is 8.73. The Morgan fingerprint density at radius 1 is 1.05 bits per heavy atom. The van der Waals surface area contributed by atoms with Gasteiger partial charge in [-0.2, -0.15) is 8.42 Å². The maximum Gasteiger partial charge on any atom is 0.332 e. The number of sulfonamides is 1. The summed E-state index contributed by atoms with van der Waals surface area (Å²) in [6.45, 7) is 1.51. The summed E-state index contributed by atoms with van der Waals surface area (Å²) in [5.74, 6) is 0. The van der Waals surface area contributed by atoms with Crippen molar-refractivity contribution < 1.29 is 20.7 Å². The highest BCUT2D eigenvalue weighted by molar-refractivity contribution is 7.92. The summed E-state index contributed by atoms with van der Waals surface area (Å²) in [5, 5.41) is 0. The third-order valence-corrected chi connectivity index (χ3v) is 4.99. The summed E-state index contributed by atoms with van der Waals surface area (Å²) in [5.41, 5.74) is 0.110. The monoisotopic (exact) mass is 346 g/mol. The molecular weight excluding hydrogens is 335 g/mol. The maximum atomic E-state index is 12.8. The number of aromatic nitrogens is 1. The number of benzene rings is 1. The van der Waals surface area contributed by atoms with Gasteiger partial charge in [0.2, 0.25) is 0 Å². The van der Waals surface area contributed by atoms with Gasteiger partial charge in [-0.1, -0.05) is 0 Å². The van der Waals surface area contributed by atoms with Gasteiger partial charge in [-0.25, -0.2) is 8.42 Å². The lowest BCUT2D eigenvalue weighted by Crippen LogP contribution is -2.16. The van der Waals surface area contributed by atoms with Crippen LogP contribution in [0.15, 0.2) is 51.1 Å². The van der Waals surface area contributed by atoms with E-state index in [9.17, 15) is 25.5 Å². The molecule has 2 N–H and O–H groups in total. The number of hydrogen-bond acceptors (Lipinski definition) is 5. The van der Waals surface area contributed by atoms with E-state index >= 15 is 0 Å². The Kier molecular flexibility index (Phi) is 4.07. The standard InChI is InChI=1S/C12H11FN2O5S2/c1-8-6-9(7-14-12(8)16)15-22(19,20)11-4-2-10(3-5-11)21(13,17)18/h2-7,15H,1H3,(H,14,16). The molecule has 1 aromatic heterocycles. The van der Waals surface area contributed by atoms with Crippen LogP contribution in [-0.2, 0) is 20.2 Å². The van der Waals surface area contributed by atoms with Gasteiger partial charge in [0.25, 0.3) is 15.6 Å². The molecule has 1 heterocycles. The Bertz CT molecular complexity index is 963. The second kappa shape index (κ2) is 5.54. The molecule has 22 heavy (non-hydrogen) atoms. The SMILES string of the molecule is Cc1cc(NS(=O)(=O)c2ccc(S(=O)(=O)F)cc2)c[nH]c1=O. The topological polar surface area (TPSA) is 113 Å². The molecule has 0 unspecified atom stereocenters. The Morgan fingerprint density at radius 2 is 1.59 bits per heavy atom. The molecule has 7 nitrogen and oxygen atoms in total. The fourth-order valence-electron chi connectivity index (χ4n) is 1.65. The first-order chi connectivity index (χ1) is 10.1. The molecule has 2 aromatic rings. The first kappa shape index (κ1) is 16.2. The van der Waals surface area contributed by atoms with Crippen LogP contribution in [0.4, 0.5) is 9.57 Å². The zero-order chi connectivity index (χ0) is 16.5. The van der Waals surface area contributed by atoms with Gasteiger partial charge in [-0.15, -0.1) is 3.89 Å². The van der Waals surface area contributed by atoms with Crippen molar-refractivity contribution in [1.82, 2.24) is 4.98 Å². The first-order valence-electron chi connectivity index (χ1n) is 5.86. The highest BCUT2D eigenvalue weighted by atomic mass is 32.3. The number of halogens is 1. The number of hydrogen-bond donors (Lipinski definition) is 2. The van der Waals surface area contributed by atoms with E-state index in [4.69, 9.17) is 0 Å². The number of rotatable bonds is 4. The van der Waals surface area contributed by atoms with Crippen LogP contribution in [-0.4, -0.2) is 21.8 Å². The predicted molar refractivity (Wildman–Crippen MR) is 77.3 cm³/mol. The zero-order valence-electron chi connectivity index (χ0n) is 11.2. The van der Waals surface area contributed by atoms with E-state index in [2.05, 4.69) is 9.71 Å². The molecule has 0 radical (unpaired) electrons. The lowest BCUT2D eigenvalue weighted by atomic mass is 10.3. The van der Waals surface area contributed by atoms with Crippen molar-refractivity contribution in [1.29, 1.82) is 0 Å². The van der Waals surface area contributed by atoms with Crippen LogP contribution in [0.5, 0.6) is 0 Å². The van der Waals surface area contributed by atoms with Gasteiger partial charge in [0.15, 0.2) is 0 Å². The van der Waals surface area contributed by atoms with Crippen molar-refractivity contribution >= 4 is 25.9 Å². The average Bonchev–Trinajstić information content (AvgIpc) is 2.42. The fraction of sp³-hybridized carbons (Fsp3) is 0.0833. The van der Waals surface area contributed by atoms with Crippen molar-refractivity contribution in [3.63, 3.8) is 0 Å². The van der Waals surface area contributed by atoms with Gasteiger partial charge in [-0.3, -0.25) is 9.52 Å². The van der Waals surface area contributed by atoms with Crippen molar-refractivity contribution in [2.75, 3.05) is 4.72 Å². The highest BCUT2D eigenvalue weighted by Crippen LogP contribution is 2.18. The summed E-state index contributed by atoms with van der Waals surface area (Å²) in [6.07, 6.45) is 1.19. The molecule has 0 amide bonds. The minimum absolute atomic E-state index is 0.138. The summed E-state index contributed by atoms with van der Waals surface area (Å²) >= 11 is 0. The third kappa shape index (κ3) is 3.52. The predicted octanol–water partition coefficient (Wildman–Crippen LogP) is 1.14. The van der Waals surface area contributed by atoms with E-state index in [1.54, 1.807) is 0 Å². The van der Waals surface area contributed by atoms with Crippen LogP contribution in [0.2, 0.25) is 0 Å². The van der Waals surface area contributed by atoms with Crippen molar-refractivity contribution in [2.24, 2.45) is 0 Å². The lowest BCUT2D eigenvalue weighted by Gasteiger charge is -2.08. The summed E-state index contributed by atoms with van der Waals surface area (Å²) in [7, 11) is -8.88. The minimum atomic E-state index is -4.89. The fourth-order valence-corrected chi connectivity index (χ4v) is 3.15. The largest absolute Gasteiger partial charge is 0.332 e. The Morgan fingerprint density at radius 3 is 2.09 bits per heavy atom. The van der Waals surface area contributed by atoms with E-state index in [1.165, 1.54) is 19.2 Å². The molecule has 2 rings (SSSR count). The average molecular weight is 346 g/mol. The summed E-state index contributed by atoms with van der Waals surface area (Å²) < 4.78 is 60.6. The van der Waals surface area contributed by atoms with Crippen LogP contribution < -0.4 is 10.3 Å². The van der Waals surface area contributed by atoms with E-state index in [-0.39, 0.29) is 16.1 Å². The molecule has 0 spiro atoms. The summed E-state index contributed by atoms with van der Waals surface area (Å²) in [6, 6.07) is 4.97. The number of anilines is 1. The smallest absolute Gasteiger partial charge is 0.327 e. The second-order valence-corrected chi connectivity index (χ2v) is 7.44. The molecule has 0 aliphatic rings. The zero-order valence-corrected chi connectivity index (χ0v) is 12.8. The van der Waals surface area contributed by atoms with Crippen LogP contribution in [0.1, 0.15) is 5.56 Å². The number of aromatic amines is 1. The molecule has 0 bridgehead atoms. The molecule has 0 saturated carbocycles. The van der Waals surface area contributed by atoms with E-state index < -0.39 is 25.1 Å². The molecule has 0 aliphatic carbocycles. The number of H-pyrrole nitrogens is 1. The van der Waals surface area contributed by atoms with Crippen LogP contribution >= 0.6 is 0 Å². The van der Waals surface area contributed by atoms with E-state index in [0.717, 1.165) is 24.3 Å². The molecule has 1 aromatic carbocycles. The second-order valence-electron chi connectivity index (χ2n) is 4.42. The number of aryl methyl sites for hydroxylation is 1. The van der Waals surface area contributed by atoms with Gasteiger partial charge in [0, 0.05) is 11.8 Å².